The Morgan fingerprint density at radius 2 is 1.85 bits per heavy atom. The largest absolute Gasteiger partial charge is 0.342 e. The number of carbonyl (C=O) groups excluding carboxylic acids is 1. The fraction of sp³-hybridized carbons (Fsp3) is 0.562. The highest BCUT2D eigenvalue weighted by molar-refractivity contribution is 7.99. The standard InChI is InChI=1S/C16H22ClNOS/c17-11-14-6-5-7-15(10-14)12-20-13-16(19)18-8-3-1-2-4-9-18/h5-7,10H,1-4,8-9,11-13H2. The van der Waals surface area contributed by atoms with Crippen LogP contribution in [0.3, 0.4) is 0 Å². The van der Waals surface area contributed by atoms with Crippen molar-refractivity contribution in [2.45, 2.75) is 37.3 Å². The molecule has 1 saturated heterocycles. The van der Waals surface area contributed by atoms with Gasteiger partial charge in [-0.05, 0) is 24.0 Å². The first-order chi connectivity index (χ1) is 9.79. The number of rotatable bonds is 5. The van der Waals surface area contributed by atoms with Gasteiger partial charge in [-0.15, -0.1) is 23.4 Å². The minimum absolute atomic E-state index is 0.297. The van der Waals surface area contributed by atoms with Crippen molar-refractivity contribution in [3.05, 3.63) is 35.4 Å². The summed E-state index contributed by atoms with van der Waals surface area (Å²) in [6.07, 6.45) is 4.85. The average Bonchev–Trinajstić information content (AvgIpc) is 2.76. The molecule has 0 aliphatic carbocycles. The van der Waals surface area contributed by atoms with Gasteiger partial charge in [0, 0.05) is 24.7 Å². The molecule has 0 atom stereocenters. The van der Waals surface area contributed by atoms with E-state index in [2.05, 4.69) is 12.1 Å². The van der Waals surface area contributed by atoms with E-state index in [0.717, 1.165) is 37.2 Å². The molecule has 0 radical (unpaired) electrons. The van der Waals surface area contributed by atoms with Crippen LogP contribution in [0.15, 0.2) is 24.3 Å². The fourth-order valence-electron chi connectivity index (χ4n) is 2.47. The summed E-state index contributed by atoms with van der Waals surface area (Å²) in [6, 6.07) is 8.28. The summed E-state index contributed by atoms with van der Waals surface area (Å²) in [5.74, 6) is 2.31. The predicted octanol–water partition coefficient (Wildman–Crippen LogP) is 4.06. The Kier molecular flexibility index (Phi) is 6.74. The summed E-state index contributed by atoms with van der Waals surface area (Å²) in [7, 11) is 0. The molecule has 1 aromatic rings. The van der Waals surface area contributed by atoms with Crippen LogP contribution in [0.5, 0.6) is 0 Å². The lowest BCUT2D eigenvalue weighted by atomic mass is 10.2. The highest BCUT2D eigenvalue weighted by atomic mass is 35.5. The molecular weight excluding hydrogens is 290 g/mol. The summed E-state index contributed by atoms with van der Waals surface area (Å²) in [6.45, 7) is 1.89. The molecule has 1 heterocycles. The topological polar surface area (TPSA) is 20.3 Å². The van der Waals surface area contributed by atoms with Crippen LogP contribution in [0.1, 0.15) is 36.8 Å². The number of alkyl halides is 1. The van der Waals surface area contributed by atoms with Crippen molar-refractivity contribution < 1.29 is 4.79 Å². The quantitative estimate of drug-likeness (QED) is 0.764. The van der Waals surface area contributed by atoms with E-state index in [-0.39, 0.29) is 0 Å². The zero-order chi connectivity index (χ0) is 14.2. The van der Waals surface area contributed by atoms with E-state index in [0.29, 0.717) is 17.5 Å². The molecule has 0 saturated carbocycles. The highest BCUT2D eigenvalue weighted by Crippen LogP contribution is 2.17. The maximum absolute atomic E-state index is 12.1. The van der Waals surface area contributed by atoms with Crippen molar-refractivity contribution in [3.8, 4) is 0 Å². The average molecular weight is 312 g/mol. The number of hydrogen-bond donors (Lipinski definition) is 0. The first-order valence-electron chi connectivity index (χ1n) is 7.29. The summed E-state index contributed by atoms with van der Waals surface area (Å²) < 4.78 is 0. The first-order valence-corrected chi connectivity index (χ1v) is 8.98. The normalized spacial score (nSPS) is 15.9. The van der Waals surface area contributed by atoms with Crippen LogP contribution in [-0.2, 0) is 16.4 Å². The Labute approximate surface area is 130 Å². The fourth-order valence-corrected chi connectivity index (χ4v) is 3.51. The van der Waals surface area contributed by atoms with Gasteiger partial charge < -0.3 is 4.90 Å². The number of nitrogens with zero attached hydrogens (tertiary/aromatic N) is 1. The van der Waals surface area contributed by atoms with Gasteiger partial charge in [0.15, 0.2) is 0 Å². The molecule has 0 spiro atoms. The lowest BCUT2D eigenvalue weighted by Gasteiger charge is -2.20. The number of carbonyl (C=O) groups is 1. The number of thioether (sulfide) groups is 1. The minimum atomic E-state index is 0.297. The van der Waals surface area contributed by atoms with E-state index >= 15 is 0 Å². The zero-order valence-electron chi connectivity index (χ0n) is 11.8. The molecule has 0 aromatic heterocycles. The highest BCUT2D eigenvalue weighted by Gasteiger charge is 2.15. The lowest BCUT2D eigenvalue weighted by molar-refractivity contribution is -0.128. The second-order valence-electron chi connectivity index (χ2n) is 5.24. The Bertz CT molecular complexity index is 430. The molecule has 2 nitrogen and oxygen atoms in total. The first kappa shape index (κ1) is 15.7. The van der Waals surface area contributed by atoms with Gasteiger partial charge in [-0.2, -0.15) is 0 Å². The molecule has 1 amide bonds. The second-order valence-corrected chi connectivity index (χ2v) is 6.49. The molecule has 1 fully saturated rings. The number of benzene rings is 1. The molecule has 0 unspecified atom stereocenters. The Morgan fingerprint density at radius 1 is 1.15 bits per heavy atom. The molecular formula is C16H22ClNOS. The molecule has 0 N–H and O–H groups in total. The van der Waals surface area contributed by atoms with Crippen molar-refractivity contribution in [2.24, 2.45) is 0 Å². The van der Waals surface area contributed by atoms with Crippen LogP contribution >= 0.6 is 23.4 Å². The van der Waals surface area contributed by atoms with Crippen molar-refractivity contribution >= 4 is 29.3 Å². The van der Waals surface area contributed by atoms with Crippen molar-refractivity contribution in [1.29, 1.82) is 0 Å². The Balaban J connectivity index is 1.75. The molecule has 110 valence electrons. The van der Waals surface area contributed by atoms with Gasteiger partial charge in [-0.1, -0.05) is 37.1 Å². The lowest BCUT2D eigenvalue weighted by Crippen LogP contribution is -2.33. The third-order valence-corrected chi connectivity index (χ3v) is 4.90. The van der Waals surface area contributed by atoms with Crippen molar-refractivity contribution in [2.75, 3.05) is 18.8 Å². The molecule has 1 aliphatic heterocycles. The molecule has 0 bridgehead atoms. The SMILES string of the molecule is O=C(CSCc1cccc(CCl)c1)N1CCCCCC1. The van der Waals surface area contributed by atoms with Crippen LogP contribution in [0.2, 0.25) is 0 Å². The van der Waals surface area contributed by atoms with Gasteiger partial charge in [-0.25, -0.2) is 0 Å². The number of likely N-dealkylation sites (tertiary alicyclic amines) is 1. The van der Waals surface area contributed by atoms with E-state index in [1.165, 1.54) is 18.4 Å². The number of hydrogen-bond acceptors (Lipinski definition) is 2. The summed E-state index contributed by atoms with van der Waals surface area (Å²) in [5.41, 5.74) is 2.39. The van der Waals surface area contributed by atoms with Gasteiger partial charge in [0.25, 0.3) is 0 Å². The minimum Gasteiger partial charge on any atom is -0.342 e. The van der Waals surface area contributed by atoms with Gasteiger partial charge in [0.1, 0.15) is 0 Å². The Morgan fingerprint density at radius 3 is 2.55 bits per heavy atom. The zero-order valence-corrected chi connectivity index (χ0v) is 13.4. The molecule has 4 heteroatoms. The van der Waals surface area contributed by atoms with Crippen LogP contribution in [0, 0.1) is 0 Å². The predicted molar refractivity (Wildman–Crippen MR) is 87.2 cm³/mol. The van der Waals surface area contributed by atoms with Crippen molar-refractivity contribution in [1.82, 2.24) is 4.90 Å². The van der Waals surface area contributed by atoms with Gasteiger partial charge in [0.05, 0.1) is 5.75 Å². The number of halogens is 1. The monoisotopic (exact) mass is 311 g/mol. The van der Waals surface area contributed by atoms with Crippen molar-refractivity contribution in [3.63, 3.8) is 0 Å². The smallest absolute Gasteiger partial charge is 0.232 e. The molecule has 1 aromatic carbocycles. The van der Waals surface area contributed by atoms with E-state index < -0.39 is 0 Å². The summed E-state index contributed by atoms with van der Waals surface area (Å²) in [5, 5.41) is 0. The van der Waals surface area contributed by atoms with Gasteiger partial charge >= 0.3 is 0 Å². The molecule has 2 rings (SSSR count). The van der Waals surface area contributed by atoms with Gasteiger partial charge in [-0.3, -0.25) is 4.79 Å². The second kappa shape index (κ2) is 8.58. The summed E-state index contributed by atoms with van der Waals surface area (Å²) in [4.78, 5) is 14.2. The number of amides is 1. The third-order valence-electron chi connectivity index (χ3n) is 3.60. The van der Waals surface area contributed by atoms with Crippen LogP contribution in [-0.4, -0.2) is 29.6 Å². The third kappa shape index (κ3) is 5.02. The van der Waals surface area contributed by atoms with E-state index in [9.17, 15) is 4.79 Å². The van der Waals surface area contributed by atoms with E-state index in [1.54, 1.807) is 11.8 Å². The van der Waals surface area contributed by atoms with E-state index in [4.69, 9.17) is 11.6 Å². The van der Waals surface area contributed by atoms with Crippen LogP contribution in [0.4, 0.5) is 0 Å². The molecule has 20 heavy (non-hydrogen) atoms. The van der Waals surface area contributed by atoms with Crippen LogP contribution in [0.25, 0.3) is 0 Å². The van der Waals surface area contributed by atoms with Crippen LogP contribution < -0.4 is 0 Å². The van der Waals surface area contributed by atoms with E-state index in [1.807, 2.05) is 17.0 Å². The Hall–Kier alpha value is -0.670. The maximum Gasteiger partial charge on any atom is 0.232 e. The molecule has 1 aliphatic rings. The van der Waals surface area contributed by atoms with Gasteiger partial charge in [0.2, 0.25) is 5.91 Å². The maximum atomic E-state index is 12.1. The summed E-state index contributed by atoms with van der Waals surface area (Å²) >= 11 is 7.53.